The Bertz CT molecular complexity index is 556. The normalized spacial score (nSPS) is 20.3. The summed E-state index contributed by atoms with van der Waals surface area (Å²) in [6, 6.07) is 4.06. The first-order chi connectivity index (χ1) is 9.25. The Morgan fingerprint density at radius 1 is 1.42 bits per heavy atom. The lowest BCUT2D eigenvalue weighted by Crippen LogP contribution is -2.15. The van der Waals surface area contributed by atoms with E-state index in [1.165, 1.54) is 30.8 Å². The van der Waals surface area contributed by atoms with Gasteiger partial charge in [0.15, 0.2) is 5.65 Å². The van der Waals surface area contributed by atoms with Crippen LogP contribution < -0.4 is 0 Å². The van der Waals surface area contributed by atoms with Gasteiger partial charge in [-0.25, -0.2) is 9.97 Å². The number of fused-ring (bicyclic) bond motifs is 1. The molecule has 1 atom stereocenters. The standard InChI is InChI=1S/C15H21N3S/c1-11(2)10-13-17-12-6-5-8-16-15(12)18(13)14-7-3-4-9-19-14/h5-6,8,11,14H,3-4,7,9-10H2,1-2H3. The summed E-state index contributed by atoms with van der Waals surface area (Å²) in [7, 11) is 0. The van der Waals surface area contributed by atoms with Crippen molar-refractivity contribution >= 4 is 22.9 Å². The molecule has 0 aromatic carbocycles. The molecule has 1 fully saturated rings. The lowest BCUT2D eigenvalue weighted by atomic mass is 10.1. The van der Waals surface area contributed by atoms with E-state index in [1.807, 2.05) is 12.3 Å². The van der Waals surface area contributed by atoms with Gasteiger partial charge in [0.25, 0.3) is 0 Å². The molecule has 0 spiro atoms. The lowest BCUT2D eigenvalue weighted by molar-refractivity contribution is 0.531. The summed E-state index contributed by atoms with van der Waals surface area (Å²) in [4.78, 5) is 9.39. The molecule has 0 saturated carbocycles. The molecule has 0 bridgehead atoms. The summed E-state index contributed by atoms with van der Waals surface area (Å²) < 4.78 is 2.40. The van der Waals surface area contributed by atoms with E-state index in [-0.39, 0.29) is 0 Å². The second kappa shape index (κ2) is 5.53. The molecule has 3 heterocycles. The quantitative estimate of drug-likeness (QED) is 0.847. The minimum absolute atomic E-state index is 0.530. The van der Waals surface area contributed by atoms with Gasteiger partial charge in [0, 0.05) is 12.6 Å². The van der Waals surface area contributed by atoms with E-state index in [1.54, 1.807) is 0 Å². The summed E-state index contributed by atoms with van der Waals surface area (Å²) >= 11 is 2.06. The second-order valence-electron chi connectivity index (χ2n) is 5.66. The molecule has 3 nitrogen and oxygen atoms in total. The highest BCUT2D eigenvalue weighted by Gasteiger charge is 2.22. The third kappa shape index (κ3) is 2.64. The fraction of sp³-hybridized carbons (Fsp3) is 0.600. The van der Waals surface area contributed by atoms with Crippen molar-refractivity contribution < 1.29 is 0 Å². The number of imidazole rings is 1. The highest BCUT2D eigenvalue weighted by atomic mass is 32.2. The smallest absolute Gasteiger partial charge is 0.160 e. The first kappa shape index (κ1) is 13.0. The van der Waals surface area contributed by atoms with E-state index in [0.717, 1.165) is 17.6 Å². The van der Waals surface area contributed by atoms with Gasteiger partial charge >= 0.3 is 0 Å². The summed E-state index contributed by atoms with van der Waals surface area (Å²) in [6.07, 6.45) is 6.84. The molecule has 1 unspecified atom stereocenters. The van der Waals surface area contributed by atoms with Crippen LogP contribution in [0.25, 0.3) is 11.2 Å². The molecule has 2 aromatic heterocycles. The van der Waals surface area contributed by atoms with Gasteiger partial charge in [-0.1, -0.05) is 13.8 Å². The van der Waals surface area contributed by atoms with Gasteiger partial charge in [-0.3, -0.25) is 4.57 Å². The predicted octanol–water partition coefficient (Wildman–Crippen LogP) is 4.05. The molecule has 1 aliphatic rings. The molecule has 0 aliphatic carbocycles. The van der Waals surface area contributed by atoms with Crippen LogP contribution in [0, 0.1) is 5.92 Å². The Balaban J connectivity index is 2.06. The second-order valence-corrected chi connectivity index (χ2v) is 6.95. The van der Waals surface area contributed by atoms with E-state index < -0.39 is 0 Å². The molecule has 19 heavy (non-hydrogen) atoms. The largest absolute Gasteiger partial charge is 0.300 e. The Labute approximate surface area is 118 Å². The van der Waals surface area contributed by atoms with Gasteiger partial charge in [0.2, 0.25) is 0 Å². The molecule has 1 saturated heterocycles. The van der Waals surface area contributed by atoms with E-state index in [9.17, 15) is 0 Å². The van der Waals surface area contributed by atoms with Gasteiger partial charge < -0.3 is 0 Å². The average molecular weight is 275 g/mol. The van der Waals surface area contributed by atoms with Gasteiger partial charge in [-0.15, -0.1) is 11.8 Å². The number of hydrogen-bond acceptors (Lipinski definition) is 3. The minimum atomic E-state index is 0.530. The number of hydrogen-bond donors (Lipinski definition) is 0. The van der Waals surface area contributed by atoms with Gasteiger partial charge in [-0.2, -0.15) is 0 Å². The van der Waals surface area contributed by atoms with Gasteiger partial charge in [0.1, 0.15) is 11.3 Å². The van der Waals surface area contributed by atoms with Crippen LogP contribution in [0.3, 0.4) is 0 Å². The molecular weight excluding hydrogens is 254 g/mol. The van der Waals surface area contributed by atoms with Crippen LogP contribution in [-0.4, -0.2) is 20.3 Å². The summed E-state index contributed by atoms with van der Waals surface area (Å²) in [6.45, 7) is 4.51. The van der Waals surface area contributed by atoms with Crippen molar-refractivity contribution in [2.24, 2.45) is 5.92 Å². The van der Waals surface area contributed by atoms with Crippen LogP contribution in [0.1, 0.15) is 44.3 Å². The van der Waals surface area contributed by atoms with Crippen LogP contribution in [0.5, 0.6) is 0 Å². The number of nitrogens with zero attached hydrogens (tertiary/aromatic N) is 3. The van der Waals surface area contributed by atoms with E-state index >= 15 is 0 Å². The molecule has 1 aliphatic heterocycles. The van der Waals surface area contributed by atoms with Crippen molar-refractivity contribution in [1.29, 1.82) is 0 Å². The molecule has 2 aromatic rings. The summed E-state index contributed by atoms with van der Waals surface area (Å²) in [5.74, 6) is 3.10. The van der Waals surface area contributed by atoms with Crippen LogP contribution in [0.4, 0.5) is 0 Å². The average Bonchev–Trinajstić information content (AvgIpc) is 2.76. The van der Waals surface area contributed by atoms with Crippen molar-refractivity contribution in [1.82, 2.24) is 14.5 Å². The van der Waals surface area contributed by atoms with E-state index in [0.29, 0.717) is 11.3 Å². The molecular formula is C15H21N3S. The summed E-state index contributed by atoms with van der Waals surface area (Å²) in [5.41, 5.74) is 2.11. The van der Waals surface area contributed by atoms with Crippen LogP contribution >= 0.6 is 11.8 Å². The summed E-state index contributed by atoms with van der Waals surface area (Å²) in [5, 5.41) is 0.530. The Hall–Kier alpha value is -1.03. The van der Waals surface area contributed by atoms with Crippen molar-refractivity contribution in [3.05, 3.63) is 24.2 Å². The van der Waals surface area contributed by atoms with Crippen LogP contribution in [0.15, 0.2) is 18.3 Å². The maximum Gasteiger partial charge on any atom is 0.160 e. The number of thioether (sulfide) groups is 1. The third-order valence-corrected chi connectivity index (χ3v) is 4.91. The Morgan fingerprint density at radius 3 is 3.05 bits per heavy atom. The number of rotatable bonds is 3. The first-order valence-corrected chi connectivity index (χ1v) is 8.24. The predicted molar refractivity (Wildman–Crippen MR) is 81.4 cm³/mol. The monoisotopic (exact) mass is 275 g/mol. The highest BCUT2D eigenvalue weighted by molar-refractivity contribution is 7.99. The van der Waals surface area contributed by atoms with Crippen LogP contribution in [0.2, 0.25) is 0 Å². The van der Waals surface area contributed by atoms with Gasteiger partial charge in [-0.05, 0) is 43.1 Å². The Morgan fingerprint density at radius 2 is 2.32 bits per heavy atom. The fourth-order valence-corrected chi connectivity index (χ4v) is 4.06. The fourth-order valence-electron chi connectivity index (χ4n) is 2.72. The lowest BCUT2D eigenvalue weighted by Gasteiger charge is -2.25. The number of pyridine rings is 1. The maximum absolute atomic E-state index is 4.82. The Kier molecular flexibility index (Phi) is 3.78. The molecule has 4 heteroatoms. The molecule has 0 N–H and O–H groups in total. The first-order valence-electron chi connectivity index (χ1n) is 7.19. The molecule has 102 valence electrons. The zero-order valence-corrected chi connectivity index (χ0v) is 12.5. The zero-order valence-electron chi connectivity index (χ0n) is 11.7. The third-order valence-electron chi connectivity index (χ3n) is 3.56. The topological polar surface area (TPSA) is 30.7 Å². The molecule has 0 amide bonds. The van der Waals surface area contributed by atoms with Crippen molar-refractivity contribution in [2.45, 2.75) is 44.9 Å². The minimum Gasteiger partial charge on any atom is -0.300 e. The van der Waals surface area contributed by atoms with Crippen molar-refractivity contribution in [2.75, 3.05) is 5.75 Å². The van der Waals surface area contributed by atoms with Crippen LogP contribution in [-0.2, 0) is 6.42 Å². The molecule has 0 radical (unpaired) electrons. The SMILES string of the molecule is CC(C)Cc1nc2cccnc2n1C1CCCCS1. The number of aromatic nitrogens is 3. The molecule has 3 rings (SSSR count). The highest BCUT2D eigenvalue weighted by Crippen LogP contribution is 2.37. The van der Waals surface area contributed by atoms with Crippen molar-refractivity contribution in [3.8, 4) is 0 Å². The van der Waals surface area contributed by atoms with E-state index in [2.05, 4.69) is 41.2 Å². The van der Waals surface area contributed by atoms with E-state index in [4.69, 9.17) is 4.98 Å². The maximum atomic E-state index is 4.82. The van der Waals surface area contributed by atoms with Gasteiger partial charge in [0.05, 0.1) is 5.37 Å². The van der Waals surface area contributed by atoms with Crippen molar-refractivity contribution in [3.63, 3.8) is 0 Å². The zero-order chi connectivity index (χ0) is 13.2.